The van der Waals surface area contributed by atoms with Gasteiger partial charge >= 0.3 is 23.9 Å². The van der Waals surface area contributed by atoms with Crippen LogP contribution in [0.2, 0.25) is 0 Å². The molecule has 0 aromatic heterocycles. The number of carbonyl (C=O) groups excluding carboxylic acids is 4. The molecule has 0 spiro atoms. The highest BCUT2D eigenvalue weighted by Crippen LogP contribution is 2.18. The molecule has 0 aromatic rings. The van der Waals surface area contributed by atoms with E-state index in [2.05, 4.69) is 55.9 Å². The molecule has 2 atom stereocenters. The number of nitrogens with zero attached hydrogens (tertiary/aromatic N) is 2. The van der Waals surface area contributed by atoms with Crippen molar-refractivity contribution in [1.82, 2.24) is 0 Å². The molecule has 0 aliphatic carbocycles. The predicted molar refractivity (Wildman–Crippen MR) is 357 cm³/mol. The summed E-state index contributed by atoms with van der Waals surface area (Å²) in [7, 11) is 8.20. The van der Waals surface area contributed by atoms with Gasteiger partial charge in [-0.1, -0.05) is 285 Å². The highest BCUT2D eigenvalue weighted by Gasteiger charge is 2.29. The Kier molecular flexibility index (Phi) is 59.9. The first kappa shape index (κ1) is 83.7. The second-order valence-corrected chi connectivity index (χ2v) is 27.2. The van der Waals surface area contributed by atoms with E-state index in [-0.39, 0.29) is 50.3 Å². The first-order chi connectivity index (χ1) is 41.7. The van der Waals surface area contributed by atoms with Gasteiger partial charge in [-0.3, -0.25) is 19.2 Å². The fourth-order valence-electron chi connectivity index (χ4n) is 11.4. The van der Waals surface area contributed by atoms with E-state index >= 15 is 0 Å². The van der Waals surface area contributed by atoms with E-state index in [1.807, 2.05) is 0 Å². The van der Waals surface area contributed by atoms with Gasteiger partial charge in [0.25, 0.3) is 0 Å². The molecular formula is C73H144N2O11+2. The highest BCUT2D eigenvalue weighted by atomic mass is 16.6. The van der Waals surface area contributed by atoms with Crippen molar-refractivity contribution in [3.05, 3.63) is 0 Å². The van der Waals surface area contributed by atoms with Crippen molar-refractivity contribution in [3.8, 4) is 0 Å². The second-order valence-electron chi connectivity index (χ2n) is 27.2. The number of esters is 4. The molecule has 1 N–H and O–H groups in total. The van der Waals surface area contributed by atoms with Crippen LogP contribution in [0.25, 0.3) is 0 Å². The van der Waals surface area contributed by atoms with Gasteiger partial charge in [-0.25, -0.2) is 0 Å². The Hall–Kier alpha value is -2.32. The number of aliphatic hydroxyl groups is 1. The summed E-state index contributed by atoms with van der Waals surface area (Å²) in [6, 6.07) is 0. The van der Waals surface area contributed by atoms with Gasteiger partial charge in [0.2, 0.25) is 0 Å². The average Bonchev–Trinajstić information content (AvgIpc) is 3.52. The number of likely N-dealkylation sites (N-methyl/N-ethyl adjacent to an activating group) is 2. The molecule has 0 aliphatic rings. The fourth-order valence-corrected chi connectivity index (χ4v) is 11.4. The smallest absolute Gasteiger partial charge is 0.306 e. The molecule has 0 aliphatic heterocycles. The third-order valence-electron chi connectivity index (χ3n) is 17.1. The SMILES string of the molecule is CCCCCCCCCCCCCC(=O)OCC(C[N+](C)(C)CCOCC(O)COCC[N+](C)(C)CC(COC(=O)CCCCCCCCCCCCC)OC(=O)CCCCCCCCCCCCC)OC(=O)CCCCCCCCCCCCC. The number of hydrogen-bond donors (Lipinski definition) is 1. The number of ether oxygens (including phenoxy) is 6. The summed E-state index contributed by atoms with van der Waals surface area (Å²) in [5, 5.41) is 10.8. The lowest BCUT2D eigenvalue weighted by Gasteiger charge is -2.33. The van der Waals surface area contributed by atoms with Crippen LogP contribution in [0.4, 0.5) is 0 Å². The van der Waals surface area contributed by atoms with Crippen LogP contribution >= 0.6 is 0 Å². The van der Waals surface area contributed by atoms with Gasteiger partial charge in [-0.2, -0.15) is 0 Å². The summed E-state index contributed by atoms with van der Waals surface area (Å²) >= 11 is 0. The fraction of sp³-hybridized carbons (Fsp3) is 0.945. The number of rotatable bonds is 68. The largest absolute Gasteiger partial charge is 0.461 e. The lowest BCUT2D eigenvalue weighted by molar-refractivity contribution is -0.893. The lowest BCUT2D eigenvalue weighted by Crippen LogP contribution is -2.50. The topological polar surface area (TPSA) is 144 Å². The van der Waals surface area contributed by atoms with Crippen molar-refractivity contribution in [2.24, 2.45) is 0 Å². The predicted octanol–water partition coefficient (Wildman–Crippen LogP) is 18.2. The molecule has 86 heavy (non-hydrogen) atoms. The van der Waals surface area contributed by atoms with Gasteiger partial charge in [0.1, 0.15) is 45.5 Å². The van der Waals surface area contributed by atoms with Crippen molar-refractivity contribution >= 4 is 23.9 Å². The summed E-state index contributed by atoms with van der Waals surface area (Å²) in [5.41, 5.74) is 0. The first-order valence-electron chi connectivity index (χ1n) is 36.8. The third-order valence-corrected chi connectivity index (χ3v) is 17.1. The highest BCUT2D eigenvalue weighted by molar-refractivity contribution is 5.71. The Labute approximate surface area is 531 Å². The summed E-state index contributed by atoms with van der Waals surface area (Å²) < 4.78 is 36.4. The van der Waals surface area contributed by atoms with Crippen LogP contribution in [0.15, 0.2) is 0 Å². The van der Waals surface area contributed by atoms with Crippen molar-refractivity contribution in [3.63, 3.8) is 0 Å². The molecule has 0 heterocycles. The van der Waals surface area contributed by atoms with Gasteiger partial charge in [0, 0.05) is 25.7 Å². The van der Waals surface area contributed by atoms with Crippen molar-refractivity contribution in [2.75, 3.05) is 94.0 Å². The van der Waals surface area contributed by atoms with E-state index in [0.29, 0.717) is 74.0 Å². The van der Waals surface area contributed by atoms with Gasteiger partial charge in [0.05, 0.1) is 54.6 Å². The summed E-state index contributed by atoms with van der Waals surface area (Å²) in [6.07, 6.45) is 52.9. The Bertz CT molecular complexity index is 1400. The minimum atomic E-state index is -0.825. The van der Waals surface area contributed by atoms with Crippen LogP contribution < -0.4 is 0 Å². The van der Waals surface area contributed by atoms with E-state index in [9.17, 15) is 24.3 Å². The van der Waals surface area contributed by atoms with E-state index in [1.165, 1.54) is 205 Å². The van der Waals surface area contributed by atoms with Crippen molar-refractivity contribution in [2.45, 2.75) is 354 Å². The van der Waals surface area contributed by atoms with E-state index in [0.717, 1.165) is 77.0 Å². The molecule has 13 heteroatoms. The number of unbranched alkanes of at least 4 members (excludes halogenated alkanes) is 40. The number of carbonyl (C=O) groups is 4. The van der Waals surface area contributed by atoms with Gasteiger partial charge in [-0.15, -0.1) is 0 Å². The van der Waals surface area contributed by atoms with Crippen LogP contribution in [0, 0.1) is 0 Å². The van der Waals surface area contributed by atoms with Crippen molar-refractivity contribution < 1.29 is 61.7 Å². The quantitative estimate of drug-likeness (QED) is 0.0269. The molecule has 0 rings (SSSR count). The molecule has 0 saturated heterocycles. The van der Waals surface area contributed by atoms with Crippen LogP contribution in [0.5, 0.6) is 0 Å². The monoisotopic (exact) mass is 1230 g/mol. The van der Waals surface area contributed by atoms with E-state index in [4.69, 9.17) is 28.4 Å². The first-order valence-corrected chi connectivity index (χ1v) is 36.8. The Morgan fingerprint density at radius 3 is 0.744 bits per heavy atom. The Morgan fingerprint density at radius 2 is 0.512 bits per heavy atom. The molecule has 0 radical (unpaired) electrons. The molecule has 0 bridgehead atoms. The number of aliphatic hydroxyl groups excluding tert-OH is 1. The Balaban J connectivity index is 5.10. The van der Waals surface area contributed by atoms with Gasteiger partial charge < -0.3 is 42.5 Å². The van der Waals surface area contributed by atoms with E-state index in [1.54, 1.807) is 0 Å². The normalized spacial score (nSPS) is 13.0. The molecule has 0 fully saturated rings. The zero-order valence-corrected chi connectivity index (χ0v) is 58.2. The molecule has 0 saturated carbocycles. The zero-order valence-electron chi connectivity index (χ0n) is 58.2. The minimum Gasteiger partial charge on any atom is -0.461 e. The maximum atomic E-state index is 13.2. The molecular weight excluding hydrogens is 1080 g/mol. The molecule has 510 valence electrons. The minimum absolute atomic E-state index is 0.0349. The average molecular weight is 1230 g/mol. The zero-order chi connectivity index (χ0) is 63.3. The van der Waals surface area contributed by atoms with Crippen LogP contribution in [-0.2, 0) is 47.6 Å². The molecule has 13 nitrogen and oxygen atoms in total. The summed E-state index contributed by atoms with van der Waals surface area (Å²) in [6.45, 7) is 12.1. The van der Waals surface area contributed by atoms with Crippen molar-refractivity contribution in [1.29, 1.82) is 0 Å². The molecule has 2 unspecified atom stereocenters. The molecule has 0 amide bonds. The number of hydrogen-bond acceptors (Lipinski definition) is 11. The second kappa shape index (κ2) is 61.5. The number of quaternary nitrogens is 2. The maximum absolute atomic E-state index is 13.2. The van der Waals surface area contributed by atoms with Gasteiger partial charge in [-0.05, 0) is 25.7 Å². The molecule has 0 aromatic carbocycles. The van der Waals surface area contributed by atoms with E-state index < -0.39 is 18.3 Å². The van der Waals surface area contributed by atoms with Crippen LogP contribution in [0.1, 0.15) is 336 Å². The summed E-state index contributed by atoms with van der Waals surface area (Å²) in [5.74, 6) is -0.963. The Morgan fingerprint density at radius 1 is 0.302 bits per heavy atom. The third kappa shape index (κ3) is 60.6. The van der Waals surface area contributed by atoms with Crippen LogP contribution in [0.3, 0.4) is 0 Å². The lowest BCUT2D eigenvalue weighted by atomic mass is 10.1. The standard InChI is InChI=1S/C73H144N2O11/c1-9-13-17-21-25-29-33-37-41-45-49-53-70(77)83-65-68(85-72(79)55-51-47-43-39-35-31-27-23-19-15-11-3)61-74(5,6)57-59-81-63-67(76)64-82-60-58-75(7,8)62-69(86-73(80)56-52-48-44-40-36-32-28-24-20-16-12-4)66-84-71(78)54-50-46-42-38-34-30-26-22-18-14-10-2/h67-69,76H,9-66H2,1-8H3/q+2. The van der Waals surface area contributed by atoms with Crippen LogP contribution in [-0.4, -0.2) is 150 Å². The van der Waals surface area contributed by atoms with Gasteiger partial charge in [0.15, 0.2) is 12.2 Å². The maximum Gasteiger partial charge on any atom is 0.306 e. The summed E-state index contributed by atoms with van der Waals surface area (Å²) in [4.78, 5) is 52.1.